The SMILES string of the molecule is O=C(CSc1nnc(NC(=O)c2ccccc2C(F)(F)F)s1)NCC1CCCO1. The standard InChI is InChI=1S/C17H17F3N4O3S2/c18-17(19,20)12-6-2-1-5-11(12)14(26)22-15-23-24-16(29-15)28-9-13(25)21-8-10-4-3-7-27-10/h1-2,5-6,10H,3-4,7-9H2,(H,21,25)(H,22,23,26). The van der Waals surface area contributed by atoms with E-state index in [1.165, 1.54) is 12.1 Å². The van der Waals surface area contributed by atoms with Crippen molar-refractivity contribution in [3.05, 3.63) is 35.4 Å². The van der Waals surface area contributed by atoms with E-state index >= 15 is 0 Å². The van der Waals surface area contributed by atoms with Crippen LogP contribution in [0.15, 0.2) is 28.6 Å². The smallest absolute Gasteiger partial charge is 0.376 e. The number of ether oxygens (including phenoxy) is 1. The second-order valence-corrected chi connectivity index (χ2v) is 8.30. The molecule has 1 aliphatic heterocycles. The number of rotatable bonds is 7. The maximum atomic E-state index is 13.0. The van der Waals surface area contributed by atoms with Crippen molar-refractivity contribution in [1.29, 1.82) is 0 Å². The van der Waals surface area contributed by atoms with Crippen LogP contribution in [0.4, 0.5) is 18.3 Å². The molecule has 1 unspecified atom stereocenters. The van der Waals surface area contributed by atoms with Crippen molar-refractivity contribution < 1.29 is 27.5 Å². The molecule has 1 atom stereocenters. The van der Waals surface area contributed by atoms with E-state index in [9.17, 15) is 22.8 Å². The van der Waals surface area contributed by atoms with Crippen LogP contribution in [0.2, 0.25) is 0 Å². The van der Waals surface area contributed by atoms with Crippen LogP contribution in [0.5, 0.6) is 0 Å². The topological polar surface area (TPSA) is 93.2 Å². The van der Waals surface area contributed by atoms with E-state index in [1.54, 1.807) is 0 Å². The van der Waals surface area contributed by atoms with Gasteiger partial charge < -0.3 is 10.1 Å². The number of carbonyl (C=O) groups excluding carboxylic acids is 2. The van der Waals surface area contributed by atoms with Gasteiger partial charge in [-0.1, -0.05) is 35.2 Å². The fourth-order valence-corrected chi connectivity index (χ4v) is 4.20. The Kier molecular flexibility index (Phi) is 7.09. The molecule has 2 amide bonds. The number of nitrogens with zero attached hydrogens (tertiary/aromatic N) is 2. The zero-order chi connectivity index (χ0) is 20.9. The highest BCUT2D eigenvalue weighted by molar-refractivity contribution is 8.01. The zero-order valence-corrected chi connectivity index (χ0v) is 16.6. The van der Waals surface area contributed by atoms with E-state index in [4.69, 9.17) is 4.74 Å². The molecule has 156 valence electrons. The third kappa shape index (κ3) is 6.15. The lowest BCUT2D eigenvalue weighted by molar-refractivity contribution is -0.137. The molecule has 2 aromatic rings. The quantitative estimate of drug-likeness (QED) is 0.501. The zero-order valence-electron chi connectivity index (χ0n) is 15.0. The number of aromatic nitrogens is 2. The van der Waals surface area contributed by atoms with Crippen molar-refractivity contribution in [1.82, 2.24) is 15.5 Å². The summed E-state index contributed by atoms with van der Waals surface area (Å²) in [4.78, 5) is 24.1. The maximum Gasteiger partial charge on any atom is 0.417 e. The highest BCUT2D eigenvalue weighted by Gasteiger charge is 2.35. The molecule has 0 aliphatic carbocycles. The van der Waals surface area contributed by atoms with Crippen molar-refractivity contribution in [3.63, 3.8) is 0 Å². The molecule has 2 heterocycles. The van der Waals surface area contributed by atoms with E-state index in [-0.39, 0.29) is 22.9 Å². The number of halogens is 3. The molecule has 0 radical (unpaired) electrons. The number of anilines is 1. The van der Waals surface area contributed by atoms with Crippen LogP contribution in [0, 0.1) is 0 Å². The predicted molar refractivity (Wildman–Crippen MR) is 102 cm³/mol. The summed E-state index contributed by atoms with van der Waals surface area (Å²) in [5.41, 5.74) is -1.53. The summed E-state index contributed by atoms with van der Waals surface area (Å²) in [6.45, 7) is 1.16. The van der Waals surface area contributed by atoms with Crippen molar-refractivity contribution in [2.24, 2.45) is 0 Å². The predicted octanol–water partition coefficient (Wildman–Crippen LogP) is 3.20. The van der Waals surface area contributed by atoms with Gasteiger partial charge in [-0.15, -0.1) is 10.2 Å². The molecule has 1 saturated heterocycles. The number of alkyl halides is 3. The van der Waals surface area contributed by atoms with E-state index in [0.717, 1.165) is 48.1 Å². The summed E-state index contributed by atoms with van der Waals surface area (Å²) in [7, 11) is 0. The maximum absolute atomic E-state index is 13.0. The Morgan fingerprint density at radius 1 is 1.28 bits per heavy atom. The van der Waals surface area contributed by atoms with Gasteiger partial charge in [-0.25, -0.2) is 0 Å². The van der Waals surface area contributed by atoms with Gasteiger partial charge in [0.25, 0.3) is 5.91 Å². The Labute approximate surface area is 172 Å². The molecule has 0 bridgehead atoms. The van der Waals surface area contributed by atoms with Gasteiger partial charge in [0.1, 0.15) is 0 Å². The number of benzene rings is 1. The lowest BCUT2D eigenvalue weighted by Crippen LogP contribution is -2.32. The normalized spacial score (nSPS) is 16.6. The summed E-state index contributed by atoms with van der Waals surface area (Å²) in [6.07, 6.45) is -2.69. The molecule has 29 heavy (non-hydrogen) atoms. The number of thioether (sulfide) groups is 1. The minimum atomic E-state index is -4.65. The average Bonchev–Trinajstić information content (AvgIpc) is 3.36. The highest BCUT2D eigenvalue weighted by atomic mass is 32.2. The van der Waals surface area contributed by atoms with Gasteiger partial charge >= 0.3 is 6.18 Å². The molecule has 3 rings (SSSR count). The number of nitrogens with one attached hydrogen (secondary N) is 2. The summed E-state index contributed by atoms with van der Waals surface area (Å²) < 4.78 is 44.9. The van der Waals surface area contributed by atoms with Gasteiger partial charge in [0.2, 0.25) is 11.0 Å². The summed E-state index contributed by atoms with van der Waals surface area (Å²) in [5, 5.41) is 12.7. The van der Waals surface area contributed by atoms with E-state index in [2.05, 4.69) is 20.8 Å². The van der Waals surface area contributed by atoms with E-state index in [0.29, 0.717) is 17.5 Å². The van der Waals surface area contributed by atoms with Crippen molar-refractivity contribution in [3.8, 4) is 0 Å². The van der Waals surface area contributed by atoms with E-state index < -0.39 is 23.2 Å². The number of hydrogen-bond acceptors (Lipinski definition) is 7. The lowest BCUT2D eigenvalue weighted by Gasteiger charge is -2.11. The molecule has 1 aromatic heterocycles. The number of carbonyl (C=O) groups is 2. The molecule has 0 spiro atoms. The van der Waals surface area contributed by atoms with Crippen LogP contribution in [0.3, 0.4) is 0 Å². The molecule has 2 N–H and O–H groups in total. The molecule has 1 fully saturated rings. The highest BCUT2D eigenvalue weighted by Crippen LogP contribution is 2.32. The van der Waals surface area contributed by atoms with Crippen LogP contribution in [-0.2, 0) is 15.7 Å². The fraction of sp³-hybridized carbons (Fsp3) is 0.412. The Hall–Kier alpha value is -2.18. The Morgan fingerprint density at radius 2 is 2.07 bits per heavy atom. The third-order valence-corrected chi connectivity index (χ3v) is 5.95. The fourth-order valence-electron chi connectivity index (χ4n) is 2.62. The summed E-state index contributed by atoms with van der Waals surface area (Å²) >= 11 is 2.10. The van der Waals surface area contributed by atoms with Crippen molar-refractivity contribution in [2.75, 3.05) is 24.2 Å². The van der Waals surface area contributed by atoms with Crippen LogP contribution in [0.1, 0.15) is 28.8 Å². The molecule has 12 heteroatoms. The first-order chi connectivity index (χ1) is 13.8. The first-order valence-corrected chi connectivity index (χ1v) is 10.5. The molecular weight excluding hydrogens is 429 g/mol. The average molecular weight is 446 g/mol. The lowest BCUT2D eigenvalue weighted by atomic mass is 10.1. The minimum Gasteiger partial charge on any atom is -0.376 e. The monoisotopic (exact) mass is 446 g/mol. The molecular formula is C17H17F3N4O3S2. The van der Waals surface area contributed by atoms with Crippen LogP contribution in [0.25, 0.3) is 0 Å². The Balaban J connectivity index is 1.51. The number of amides is 2. The summed E-state index contributed by atoms with van der Waals surface area (Å²) in [6, 6.07) is 4.49. The van der Waals surface area contributed by atoms with Gasteiger partial charge in [-0.2, -0.15) is 13.2 Å². The first-order valence-electron chi connectivity index (χ1n) is 8.65. The van der Waals surface area contributed by atoms with Gasteiger partial charge in [0, 0.05) is 13.2 Å². The first kappa shape index (κ1) is 21.5. The van der Waals surface area contributed by atoms with Gasteiger partial charge in [-0.3, -0.25) is 14.9 Å². The Bertz CT molecular complexity index is 870. The van der Waals surface area contributed by atoms with Crippen molar-refractivity contribution >= 4 is 40.0 Å². The minimum absolute atomic E-state index is 0.0480. The van der Waals surface area contributed by atoms with Gasteiger partial charge in [0.15, 0.2) is 4.34 Å². The van der Waals surface area contributed by atoms with E-state index in [1.807, 2.05) is 0 Å². The number of hydrogen-bond donors (Lipinski definition) is 2. The third-order valence-electron chi connectivity index (χ3n) is 3.98. The Morgan fingerprint density at radius 3 is 2.79 bits per heavy atom. The second kappa shape index (κ2) is 9.55. The van der Waals surface area contributed by atoms with Crippen molar-refractivity contribution in [2.45, 2.75) is 29.5 Å². The van der Waals surface area contributed by atoms with Crippen LogP contribution in [-0.4, -0.2) is 47.0 Å². The molecule has 1 aromatic carbocycles. The van der Waals surface area contributed by atoms with Crippen LogP contribution >= 0.6 is 23.1 Å². The van der Waals surface area contributed by atoms with Crippen LogP contribution < -0.4 is 10.6 Å². The second-order valence-electron chi connectivity index (χ2n) is 6.10. The van der Waals surface area contributed by atoms with Gasteiger partial charge in [-0.05, 0) is 25.0 Å². The molecule has 0 saturated carbocycles. The molecule has 1 aliphatic rings. The summed E-state index contributed by atoms with van der Waals surface area (Å²) in [5.74, 6) is -1.02. The molecule has 7 nitrogen and oxygen atoms in total. The largest absolute Gasteiger partial charge is 0.417 e. The van der Waals surface area contributed by atoms with Gasteiger partial charge in [0.05, 0.1) is 23.0 Å².